The molecule has 0 aliphatic carbocycles. The summed E-state index contributed by atoms with van der Waals surface area (Å²) in [5.74, 6) is 0.659. The zero-order valence-corrected chi connectivity index (χ0v) is 20.6. The Bertz CT molecular complexity index is 1210. The van der Waals surface area contributed by atoms with Crippen molar-refractivity contribution < 1.29 is 22.7 Å². The smallest absolute Gasteiger partial charge is 0.264 e. The number of rotatable bonds is 10. The van der Waals surface area contributed by atoms with Crippen LogP contribution in [-0.2, 0) is 14.8 Å². The van der Waals surface area contributed by atoms with Crippen LogP contribution in [0.4, 0.5) is 5.69 Å². The summed E-state index contributed by atoms with van der Waals surface area (Å²) in [5.41, 5.74) is 2.11. The van der Waals surface area contributed by atoms with Crippen LogP contribution in [0.5, 0.6) is 11.5 Å². The van der Waals surface area contributed by atoms with Gasteiger partial charge in [0.15, 0.2) is 0 Å². The maximum Gasteiger partial charge on any atom is 0.264 e. The second-order valence-corrected chi connectivity index (χ2v) is 9.65. The van der Waals surface area contributed by atoms with Crippen LogP contribution in [0.25, 0.3) is 0 Å². The molecule has 1 amide bonds. The van der Waals surface area contributed by atoms with Gasteiger partial charge in [0.25, 0.3) is 10.0 Å². The van der Waals surface area contributed by atoms with E-state index in [0.717, 1.165) is 15.4 Å². The molecule has 0 bridgehead atoms. The first kappa shape index (κ1) is 25.1. The molecule has 0 aliphatic rings. The van der Waals surface area contributed by atoms with E-state index in [1.54, 1.807) is 55.6 Å². The van der Waals surface area contributed by atoms with Crippen molar-refractivity contribution in [3.05, 3.63) is 83.9 Å². The Hall–Kier alpha value is -3.52. The average molecular weight is 483 g/mol. The first-order chi connectivity index (χ1) is 16.3. The minimum absolute atomic E-state index is 0.0976. The predicted octanol–water partition coefficient (Wildman–Crippen LogP) is 4.48. The number of aryl methyl sites for hydroxylation is 1. The summed E-state index contributed by atoms with van der Waals surface area (Å²) < 4.78 is 39.2. The molecule has 0 aliphatic heterocycles. The van der Waals surface area contributed by atoms with Crippen molar-refractivity contribution in [3.63, 3.8) is 0 Å². The molecule has 8 heteroatoms. The van der Waals surface area contributed by atoms with Gasteiger partial charge in [-0.1, -0.05) is 42.0 Å². The molecule has 0 fully saturated rings. The zero-order valence-electron chi connectivity index (χ0n) is 19.8. The fraction of sp³-hybridized carbons (Fsp3) is 0.269. The van der Waals surface area contributed by atoms with Crippen LogP contribution in [0, 0.1) is 6.92 Å². The van der Waals surface area contributed by atoms with Crippen molar-refractivity contribution >= 4 is 21.6 Å². The summed E-state index contributed by atoms with van der Waals surface area (Å²) in [6.07, 6.45) is 0. The maximum absolute atomic E-state index is 13.6. The highest BCUT2D eigenvalue weighted by Gasteiger charge is 2.29. The average Bonchev–Trinajstić information content (AvgIpc) is 2.83. The fourth-order valence-electron chi connectivity index (χ4n) is 3.47. The van der Waals surface area contributed by atoms with Gasteiger partial charge in [-0.2, -0.15) is 0 Å². The molecule has 0 aromatic heterocycles. The van der Waals surface area contributed by atoms with Gasteiger partial charge in [-0.05, 0) is 62.7 Å². The van der Waals surface area contributed by atoms with Gasteiger partial charge in [0.05, 0.1) is 30.3 Å². The van der Waals surface area contributed by atoms with Crippen molar-refractivity contribution in [3.8, 4) is 11.5 Å². The lowest BCUT2D eigenvalue weighted by atomic mass is 10.1. The SMILES string of the molecule is CCOc1ccccc1N(CC(=O)N[C@@H](C)c1ccc(OC)cc1)S(=O)(=O)c1ccc(C)cc1. The van der Waals surface area contributed by atoms with E-state index in [9.17, 15) is 13.2 Å². The molecule has 0 saturated carbocycles. The van der Waals surface area contributed by atoms with Gasteiger partial charge >= 0.3 is 0 Å². The van der Waals surface area contributed by atoms with Crippen molar-refractivity contribution in [2.24, 2.45) is 0 Å². The highest BCUT2D eigenvalue weighted by molar-refractivity contribution is 7.92. The number of amides is 1. The quantitative estimate of drug-likeness (QED) is 0.461. The maximum atomic E-state index is 13.6. The number of methoxy groups -OCH3 is 1. The van der Waals surface area contributed by atoms with Gasteiger partial charge in [-0.15, -0.1) is 0 Å². The number of nitrogens with zero attached hydrogens (tertiary/aromatic N) is 1. The molecule has 3 aromatic carbocycles. The van der Waals surface area contributed by atoms with Gasteiger partial charge < -0.3 is 14.8 Å². The number of hydrogen-bond acceptors (Lipinski definition) is 5. The summed E-state index contributed by atoms with van der Waals surface area (Å²) in [6, 6.07) is 20.3. The second-order valence-electron chi connectivity index (χ2n) is 7.79. The number of hydrogen-bond donors (Lipinski definition) is 1. The molecule has 0 radical (unpaired) electrons. The molecule has 0 spiro atoms. The lowest BCUT2D eigenvalue weighted by molar-refractivity contribution is -0.120. The van der Waals surface area contributed by atoms with Crippen LogP contribution >= 0.6 is 0 Å². The number of benzene rings is 3. The van der Waals surface area contributed by atoms with Crippen molar-refractivity contribution in [2.45, 2.75) is 31.7 Å². The Morgan fingerprint density at radius 2 is 1.65 bits per heavy atom. The molecule has 3 rings (SSSR count). The summed E-state index contributed by atoms with van der Waals surface area (Å²) in [5, 5.41) is 2.89. The van der Waals surface area contributed by atoms with E-state index in [1.807, 2.05) is 45.0 Å². The van der Waals surface area contributed by atoms with Crippen molar-refractivity contribution in [1.82, 2.24) is 5.32 Å². The van der Waals surface area contributed by atoms with Crippen molar-refractivity contribution in [2.75, 3.05) is 24.6 Å². The first-order valence-electron chi connectivity index (χ1n) is 11.0. The lowest BCUT2D eigenvalue weighted by Gasteiger charge is -2.26. The largest absolute Gasteiger partial charge is 0.497 e. The highest BCUT2D eigenvalue weighted by atomic mass is 32.2. The molecule has 7 nitrogen and oxygen atoms in total. The number of nitrogens with one attached hydrogen (secondary N) is 1. The van der Waals surface area contributed by atoms with E-state index in [4.69, 9.17) is 9.47 Å². The van der Waals surface area contributed by atoms with Crippen molar-refractivity contribution in [1.29, 1.82) is 0 Å². The summed E-state index contributed by atoms with van der Waals surface area (Å²) in [7, 11) is -2.45. The molecule has 0 heterocycles. The van der Waals surface area contributed by atoms with E-state index >= 15 is 0 Å². The van der Waals surface area contributed by atoms with Crippen LogP contribution in [0.3, 0.4) is 0 Å². The number of carbonyl (C=O) groups excluding carboxylic acids is 1. The molecule has 0 saturated heterocycles. The number of para-hydroxylation sites is 2. The monoisotopic (exact) mass is 482 g/mol. The van der Waals surface area contributed by atoms with Gasteiger partial charge in [0.1, 0.15) is 18.0 Å². The fourth-order valence-corrected chi connectivity index (χ4v) is 4.90. The summed E-state index contributed by atoms with van der Waals surface area (Å²) in [6.45, 7) is 5.50. The summed E-state index contributed by atoms with van der Waals surface area (Å²) >= 11 is 0. The molecule has 180 valence electrons. The normalized spacial score (nSPS) is 12.0. The molecular formula is C26H30N2O5S. The van der Waals surface area contributed by atoms with Gasteiger partial charge in [0, 0.05) is 0 Å². The van der Waals surface area contributed by atoms with Gasteiger partial charge in [-0.25, -0.2) is 8.42 Å². The zero-order chi connectivity index (χ0) is 24.7. The van der Waals surface area contributed by atoms with Gasteiger partial charge in [0.2, 0.25) is 5.91 Å². The highest BCUT2D eigenvalue weighted by Crippen LogP contribution is 2.32. The number of anilines is 1. The minimum Gasteiger partial charge on any atom is -0.497 e. The third kappa shape index (κ3) is 5.88. The lowest BCUT2D eigenvalue weighted by Crippen LogP contribution is -2.41. The second kappa shape index (κ2) is 11.1. The van der Waals surface area contributed by atoms with E-state index in [0.29, 0.717) is 23.8 Å². The van der Waals surface area contributed by atoms with Crippen LogP contribution in [0.15, 0.2) is 77.7 Å². The first-order valence-corrected chi connectivity index (χ1v) is 12.4. The van der Waals surface area contributed by atoms with Crippen LogP contribution in [-0.4, -0.2) is 34.6 Å². The third-order valence-electron chi connectivity index (χ3n) is 5.32. The molecule has 1 N–H and O–H groups in total. The summed E-state index contributed by atoms with van der Waals surface area (Å²) in [4.78, 5) is 13.1. The molecule has 34 heavy (non-hydrogen) atoms. The Morgan fingerprint density at radius 1 is 1.00 bits per heavy atom. The van der Waals surface area contributed by atoms with E-state index < -0.39 is 22.5 Å². The molecule has 3 aromatic rings. The van der Waals surface area contributed by atoms with E-state index in [1.165, 1.54) is 0 Å². The number of sulfonamides is 1. The topological polar surface area (TPSA) is 84.9 Å². The Kier molecular flexibility index (Phi) is 8.17. The molecule has 0 unspecified atom stereocenters. The van der Waals surface area contributed by atoms with Gasteiger partial charge in [-0.3, -0.25) is 9.10 Å². The third-order valence-corrected chi connectivity index (χ3v) is 7.10. The van der Waals surface area contributed by atoms with Crippen LogP contribution in [0.2, 0.25) is 0 Å². The van der Waals surface area contributed by atoms with Crippen LogP contribution < -0.4 is 19.1 Å². The van der Waals surface area contributed by atoms with Crippen LogP contribution in [0.1, 0.15) is 31.0 Å². The Morgan fingerprint density at radius 3 is 2.26 bits per heavy atom. The Labute approximate surface area is 201 Å². The Balaban J connectivity index is 1.92. The standard InChI is InChI=1S/C26H30N2O5S/c1-5-33-25-9-7-6-8-24(25)28(34(30,31)23-16-10-19(2)11-17-23)18-26(29)27-20(3)21-12-14-22(32-4)15-13-21/h6-17,20H,5,18H2,1-4H3,(H,27,29)/t20-/m0/s1. The predicted molar refractivity (Wildman–Crippen MR) is 133 cm³/mol. The molecular weight excluding hydrogens is 452 g/mol. The van der Waals surface area contributed by atoms with E-state index in [2.05, 4.69) is 5.32 Å². The number of ether oxygens (including phenoxy) is 2. The minimum atomic E-state index is -4.04. The molecule has 1 atom stereocenters. The number of carbonyl (C=O) groups is 1. The van der Waals surface area contributed by atoms with E-state index in [-0.39, 0.29) is 10.9 Å².